The lowest BCUT2D eigenvalue weighted by atomic mass is 10.0. The number of carbonyl (C=O) groups is 2. The number of hydrogen-bond acceptors (Lipinski definition) is 4. The van der Waals surface area contributed by atoms with Crippen LogP contribution in [0.25, 0.3) is 6.08 Å². The van der Waals surface area contributed by atoms with E-state index >= 15 is 0 Å². The lowest BCUT2D eigenvalue weighted by molar-refractivity contribution is -0.139. The molecule has 2 atom stereocenters. The number of fused-ring (bicyclic) bond motifs is 1. The van der Waals surface area contributed by atoms with Crippen LogP contribution >= 0.6 is 12.6 Å². The average Bonchev–Trinajstić information content (AvgIpc) is 2.68. The zero-order valence-electron chi connectivity index (χ0n) is 14.8. The molecule has 1 unspecified atom stereocenters. The van der Waals surface area contributed by atoms with Gasteiger partial charge < -0.3 is 5.11 Å². The van der Waals surface area contributed by atoms with E-state index in [2.05, 4.69) is 17.9 Å². The standard InChI is InChI=1S/C21H22N2O3S/c24-20(14-15-6-2-1-3-7-15)23-18-9-5-4-8-16(18)10-11-19(23)22-17(12-13-27)21(25)26/h1-11,17,19,22,27H,12-14H2,(H,25,26)/t17?,19-/m0/s1. The molecule has 27 heavy (non-hydrogen) atoms. The molecule has 0 aromatic heterocycles. The van der Waals surface area contributed by atoms with E-state index in [1.54, 1.807) is 4.90 Å². The van der Waals surface area contributed by atoms with Crippen molar-refractivity contribution in [1.82, 2.24) is 5.32 Å². The topological polar surface area (TPSA) is 69.6 Å². The third-order valence-electron chi connectivity index (χ3n) is 4.49. The SMILES string of the molecule is O=C(O)C(CCS)N[C@@H]1C=Cc2ccccc2N1C(=O)Cc1ccccc1. The van der Waals surface area contributed by atoms with E-state index in [1.807, 2.05) is 66.7 Å². The molecule has 2 aromatic carbocycles. The number of para-hydroxylation sites is 1. The highest BCUT2D eigenvalue weighted by Crippen LogP contribution is 2.29. The van der Waals surface area contributed by atoms with Crippen LogP contribution in [0, 0.1) is 0 Å². The number of hydrogen-bond donors (Lipinski definition) is 3. The quantitative estimate of drug-likeness (QED) is 0.644. The van der Waals surface area contributed by atoms with E-state index in [0.717, 1.165) is 16.8 Å². The smallest absolute Gasteiger partial charge is 0.320 e. The Morgan fingerprint density at radius 2 is 1.81 bits per heavy atom. The summed E-state index contributed by atoms with van der Waals surface area (Å²) in [5.41, 5.74) is 2.62. The second-order valence-electron chi connectivity index (χ2n) is 6.36. The predicted molar refractivity (Wildman–Crippen MR) is 110 cm³/mol. The Morgan fingerprint density at radius 1 is 1.11 bits per heavy atom. The van der Waals surface area contributed by atoms with Gasteiger partial charge in [-0.25, -0.2) is 0 Å². The van der Waals surface area contributed by atoms with Gasteiger partial charge in [-0.1, -0.05) is 54.6 Å². The van der Waals surface area contributed by atoms with Crippen molar-refractivity contribution in [3.63, 3.8) is 0 Å². The summed E-state index contributed by atoms with van der Waals surface area (Å²) >= 11 is 4.14. The van der Waals surface area contributed by atoms with Gasteiger partial charge in [0.1, 0.15) is 12.2 Å². The van der Waals surface area contributed by atoms with E-state index in [1.165, 1.54) is 0 Å². The van der Waals surface area contributed by atoms with Crippen molar-refractivity contribution in [2.75, 3.05) is 10.7 Å². The number of rotatable bonds is 7. The molecule has 0 bridgehead atoms. The largest absolute Gasteiger partial charge is 0.480 e. The molecule has 0 saturated carbocycles. The molecule has 1 aliphatic rings. The Morgan fingerprint density at radius 3 is 2.52 bits per heavy atom. The number of nitrogens with zero attached hydrogens (tertiary/aromatic N) is 1. The molecule has 0 spiro atoms. The van der Waals surface area contributed by atoms with E-state index in [-0.39, 0.29) is 12.3 Å². The molecule has 0 aliphatic carbocycles. The minimum Gasteiger partial charge on any atom is -0.480 e. The van der Waals surface area contributed by atoms with Crippen molar-refractivity contribution < 1.29 is 14.7 Å². The summed E-state index contributed by atoms with van der Waals surface area (Å²) in [7, 11) is 0. The molecule has 0 fully saturated rings. The number of carboxylic acid groups (broad SMARTS) is 1. The zero-order chi connectivity index (χ0) is 19.2. The Balaban J connectivity index is 1.89. The van der Waals surface area contributed by atoms with Gasteiger partial charge in [0.2, 0.25) is 5.91 Å². The maximum atomic E-state index is 13.1. The summed E-state index contributed by atoms with van der Waals surface area (Å²) in [6.07, 6.45) is 3.83. The van der Waals surface area contributed by atoms with Crippen molar-refractivity contribution in [3.05, 3.63) is 71.8 Å². The molecule has 0 radical (unpaired) electrons. The monoisotopic (exact) mass is 382 g/mol. The number of anilines is 1. The van der Waals surface area contributed by atoms with Crippen molar-refractivity contribution in [2.24, 2.45) is 0 Å². The second kappa shape index (κ2) is 8.88. The van der Waals surface area contributed by atoms with Crippen LogP contribution in [-0.2, 0) is 16.0 Å². The fourth-order valence-electron chi connectivity index (χ4n) is 3.17. The average molecular weight is 382 g/mol. The zero-order valence-corrected chi connectivity index (χ0v) is 15.7. The van der Waals surface area contributed by atoms with Gasteiger partial charge in [0.25, 0.3) is 0 Å². The van der Waals surface area contributed by atoms with Crippen LogP contribution in [0.5, 0.6) is 0 Å². The van der Waals surface area contributed by atoms with E-state index in [9.17, 15) is 14.7 Å². The highest BCUT2D eigenvalue weighted by molar-refractivity contribution is 7.80. The number of amides is 1. The molecule has 2 N–H and O–H groups in total. The van der Waals surface area contributed by atoms with Crippen molar-refractivity contribution >= 4 is 36.3 Å². The van der Waals surface area contributed by atoms with Gasteiger partial charge in [-0.2, -0.15) is 12.6 Å². The fraction of sp³-hybridized carbons (Fsp3) is 0.238. The van der Waals surface area contributed by atoms with E-state index in [0.29, 0.717) is 12.2 Å². The van der Waals surface area contributed by atoms with Gasteiger partial charge in [-0.05, 0) is 35.4 Å². The molecule has 1 amide bonds. The third-order valence-corrected chi connectivity index (χ3v) is 4.75. The van der Waals surface area contributed by atoms with Gasteiger partial charge in [-0.15, -0.1) is 0 Å². The Hall–Kier alpha value is -2.57. The molecule has 3 rings (SSSR count). The van der Waals surface area contributed by atoms with Gasteiger partial charge in [0.05, 0.1) is 12.1 Å². The predicted octanol–water partition coefficient (Wildman–Crippen LogP) is 2.98. The number of nitrogens with one attached hydrogen (secondary N) is 1. The lowest BCUT2D eigenvalue weighted by Gasteiger charge is -2.36. The normalized spacial score (nSPS) is 16.6. The summed E-state index contributed by atoms with van der Waals surface area (Å²) in [5, 5.41) is 12.6. The van der Waals surface area contributed by atoms with Crippen LogP contribution in [0.15, 0.2) is 60.7 Å². The van der Waals surface area contributed by atoms with Crippen molar-refractivity contribution in [1.29, 1.82) is 0 Å². The molecule has 1 aliphatic heterocycles. The molecule has 1 heterocycles. The highest BCUT2D eigenvalue weighted by Gasteiger charge is 2.31. The Kier molecular flexibility index (Phi) is 6.32. The summed E-state index contributed by atoms with van der Waals surface area (Å²) in [4.78, 5) is 26.3. The molecule has 140 valence electrons. The Bertz CT molecular complexity index is 838. The summed E-state index contributed by atoms with van der Waals surface area (Å²) in [6, 6.07) is 16.3. The highest BCUT2D eigenvalue weighted by atomic mass is 32.1. The molecular formula is C21H22N2O3S. The van der Waals surface area contributed by atoms with Crippen LogP contribution in [-0.4, -0.2) is 34.9 Å². The Labute approximate surface area is 164 Å². The minimum atomic E-state index is -0.952. The van der Waals surface area contributed by atoms with Crippen LogP contribution in [0.3, 0.4) is 0 Å². The minimum absolute atomic E-state index is 0.0921. The first-order valence-electron chi connectivity index (χ1n) is 8.83. The molecular weight excluding hydrogens is 360 g/mol. The fourth-order valence-corrected chi connectivity index (χ4v) is 3.43. The number of benzene rings is 2. The summed E-state index contributed by atoms with van der Waals surface area (Å²) < 4.78 is 0. The number of carboxylic acids is 1. The summed E-state index contributed by atoms with van der Waals surface area (Å²) in [5.74, 6) is -0.605. The van der Waals surface area contributed by atoms with Gasteiger partial charge in [-0.3, -0.25) is 19.8 Å². The van der Waals surface area contributed by atoms with E-state index < -0.39 is 18.2 Å². The van der Waals surface area contributed by atoms with Crippen LogP contribution < -0.4 is 10.2 Å². The summed E-state index contributed by atoms with van der Waals surface area (Å²) in [6.45, 7) is 0. The molecule has 6 heteroatoms. The number of thiol groups is 1. The van der Waals surface area contributed by atoms with Crippen LogP contribution in [0.4, 0.5) is 5.69 Å². The second-order valence-corrected chi connectivity index (χ2v) is 6.81. The van der Waals surface area contributed by atoms with Gasteiger partial charge in [0.15, 0.2) is 0 Å². The van der Waals surface area contributed by atoms with Gasteiger partial charge in [0, 0.05) is 0 Å². The van der Waals surface area contributed by atoms with E-state index in [4.69, 9.17) is 0 Å². The third kappa shape index (κ3) is 4.59. The van der Waals surface area contributed by atoms with Crippen LogP contribution in [0.2, 0.25) is 0 Å². The first kappa shape index (κ1) is 19.2. The number of carbonyl (C=O) groups excluding carboxylic acids is 1. The number of aliphatic carboxylic acids is 1. The first-order valence-corrected chi connectivity index (χ1v) is 9.46. The lowest BCUT2D eigenvalue weighted by Crippen LogP contribution is -2.55. The first-order chi connectivity index (χ1) is 13.1. The maximum Gasteiger partial charge on any atom is 0.320 e. The maximum absolute atomic E-state index is 13.1. The molecule has 2 aromatic rings. The molecule has 0 saturated heterocycles. The van der Waals surface area contributed by atoms with Gasteiger partial charge >= 0.3 is 5.97 Å². The van der Waals surface area contributed by atoms with Crippen molar-refractivity contribution in [3.8, 4) is 0 Å². The van der Waals surface area contributed by atoms with Crippen molar-refractivity contribution in [2.45, 2.75) is 25.0 Å². The van der Waals surface area contributed by atoms with Crippen LogP contribution in [0.1, 0.15) is 17.5 Å². The molecule has 5 nitrogen and oxygen atoms in total.